The molecule has 6 aromatic rings. The molecule has 0 radical (unpaired) electrons. The lowest BCUT2D eigenvalue weighted by Gasteiger charge is -2.39. The first kappa shape index (κ1) is 31.5. The summed E-state index contributed by atoms with van der Waals surface area (Å²) in [5, 5.41) is 9.98. The molecule has 2 aliphatic rings. The summed E-state index contributed by atoms with van der Waals surface area (Å²) in [6.45, 7) is 6.68. The molecule has 244 valence electrons. The third-order valence-corrected chi connectivity index (χ3v) is 9.78. The van der Waals surface area contributed by atoms with Crippen molar-refractivity contribution in [1.82, 2.24) is 34.7 Å². The van der Waals surface area contributed by atoms with Crippen molar-refractivity contribution in [3.05, 3.63) is 124 Å². The number of nitrogens with one attached hydrogen (secondary N) is 2. The minimum absolute atomic E-state index is 0.0149. The summed E-state index contributed by atoms with van der Waals surface area (Å²) >= 11 is 6.18. The van der Waals surface area contributed by atoms with Crippen LogP contribution in [0.4, 0.5) is 0 Å². The van der Waals surface area contributed by atoms with Gasteiger partial charge in [0.15, 0.2) is 11.6 Å². The van der Waals surface area contributed by atoms with Crippen molar-refractivity contribution in [3.8, 4) is 0 Å². The molecule has 11 heteroatoms. The third kappa shape index (κ3) is 5.61. The Labute approximate surface area is 282 Å². The Hall–Kier alpha value is -5.06. The lowest BCUT2D eigenvalue weighted by atomic mass is 9.89. The predicted octanol–water partition coefficient (Wildman–Crippen LogP) is 6.57. The summed E-state index contributed by atoms with van der Waals surface area (Å²) in [5.74, 6) is 0.440. The Kier molecular flexibility index (Phi) is 8.45. The molecular weight excluding hydrogens is 626 g/mol. The Morgan fingerprint density at radius 2 is 1.52 bits per heavy atom. The van der Waals surface area contributed by atoms with Crippen LogP contribution in [0.15, 0.2) is 79.0 Å². The van der Waals surface area contributed by atoms with E-state index in [0.29, 0.717) is 39.8 Å². The summed E-state index contributed by atoms with van der Waals surface area (Å²) in [5.41, 5.74) is 8.21. The van der Waals surface area contributed by atoms with Gasteiger partial charge < -0.3 is 24.9 Å². The number of carbonyl (C=O) groups is 2. The summed E-state index contributed by atoms with van der Waals surface area (Å²) in [6, 6.07) is 23.3. The van der Waals surface area contributed by atoms with Crippen molar-refractivity contribution in [3.63, 3.8) is 0 Å². The zero-order valence-electron chi connectivity index (χ0n) is 26.9. The van der Waals surface area contributed by atoms with Crippen molar-refractivity contribution in [2.75, 3.05) is 6.54 Å². The number of benzene rings is 3. The number of para-hydroxylation sites is 2. The molecule has 0 aliphatic carbocycles. The Morgan fingerprint density at radius 1 is 0.833 bits per heavy atom. The van der Waals surface area contributed by atoms with E-state index in [9.17, 15) is 14.7 Å². The summed E-state index contributed by atoms with van der Waals surface area (Å²) in [6.07, 6.45) is 3.39. The standard InChI is InChI=1S/C19H18ClN3O.C18H18N4O2/c1-11-10-13-6-3-4-7-14(13)12(2)23(11)19(24)18-21-16-9-5-8-15(20)17(16)22-18;1-11-13-5-3-8-19-14(13)7-9-22(11)18(24)17-20-15-6-2-4-12(10-23)16(15)21-17/h3-9,11-12H,10H2,1-2H3,(H,21,22);2-6,8,11,23H,7,9-10H2,1H3,(H,20,21). The fourth-order valence-corrected chi connectivity index (χ4v) is 7.25. The minimum atomic E-state index is -0.128. The molecule has 0 bridgehead atoms. The average Bonchev–Trinajstić information content (AvgIpc) is 3.75. The smallest absolute Gasteiger partial charge is 0.290 e. The van der Waals surface area contributed by atoms with Gasteiger partial charge in [0.25, 0.3) is 11.8 Å². The van der Waals surface area contributed by atoms with Gasteiger partial charge in [0.2, 0.25) is 0 Å². The molecule has 3 N–H and O–H groups in total. The number of amides is 2. The number of fused-ring (bicyclic) bond motifs is 4. The molecule has 0 spiro atoms. The van der Waals surface area contributed by atoms with Crippen LogP contribution in [0.25, 0.3) is 22.1 Å². The van der Waals surface area contributed by atoms with Gasteiger partial charge in [0, 0.05) is 36.5 Å². The van der Waals surface area contributed by atoms with Gasteiger partial charge in [0.1, 0.15) is 5.52 Å². The van der Waals surface area contributed by atoms with E-state index >= 15 is 0 Å². The van der Waals surface area contributed by atoms with E-state index in [2.05, 4.69) is 57.0 Å². The van der Waals surface area contributed by atoms with Gasteiger partial charge in [-0.25, -0.2) is 9.97 Å². The highest BCUT2D eigenvalue weighted by molar-refractivity contribution is 6.35. The Bertz CT molecular complexity index is 2160. The molecule has 3 unspecified atom stereocenters. The topological polar surface area (TPSA) is 131 Å². The molecule has 10 nitrogen and oxygen atoms in total. The first-order valence-corrected chi connectivity index (χ1v) is 16.5. The summed E-state index contributed by atoms with van der Waals surface area (Å²) < 4.78 is 0. The normalized spacial score (nSPS) is 18.6. The van der Waals surface area contributed by atoms with E-state index in [1.165, 1.54) is 11.1 Å². The second-order valence-electron chi connectivity index (χ2n) is 12.4. The maximum Gasteiger partial charge on any atom is 0.290 e. The predicted molar refractivity (Wildman–Crippen MR) is 185 cm³/mol. The first-order valence-electron chi connectivity index (χ1n) is 16.1. The highest BCUT2D eigenvalue weighted by Crippen LogP contribution is 2.34. The lowest BCUT2D eigenvalue weighted by Crippen LogP contribution is -2.45. The summed E-state index contributed by atoms with van der Waals surface area (Å²) in [4.78, 5) is 49.2. The van der Waals surface area contributed by atoms with Crippen molar-refractivity contribution in [2.45, 2.75) is 58.3 Å². The molecule has 3 atom stereocenters. The number of aromatic nitrogens is 5. The fraction of sp³-hybridized carbons (Fsp3) is 0.270. The van der Waals surface area contributed by atoms with Crippen LogP contribution in [0, 0.1) is 0 Å². The van der Waals surface area contributed by atoms with Crippen LogP contribution in [0.2, 0.25) is 5.02 Å². The fourth-order valence-electron chi connectivity index (χ4n) is 7.03. The van der Waals surface area contributed by atoms with Crippen LogP contribution in [0.1, 0.15) is 82.0 Å². The van der Waals surface area contributed by atoms with Gasteiger partial charge in [0.05, 0.1) is 40.3 Å². The number of hydrogen-bond acceptors (Lipinski definition) is 6. The van der Waals surface area contributed by atoms with E-state index in [0.717, 1.165) is 35.1 Å². The van der Waals surface area contributed by atoms with Gasteiger partial charge in [-0.3, -0.25) is 14.6 Å². The van der Waals surface area contributed by atoms with Crippen LogP contribution in [0.5, 0.6) is 0 Å². The van der Waals surface area contributed by atoms with Crippen LogP contribution in [-0.2, 0) is 19.4 Å². The van der Waals surface area contributed by atoms with Crippen LogP contribution >= 0.6 is 11.6 Å². The highest BCUT2D eigenvalue weighted by Gasteiger charge is 2.34. The van der Waals surface area contributed by atoms with E-state index in [1.807, 2.05) is 65.3 Å². The van der Waals surface area contributed by atoms with Crippen LogP contribution < -0.4 is 0 Å². The van der Waals surface area contributed by atoms with Crippen molar-refractivity contribution in [1.29, 1.82) is 0 Å². The van der Waals surface area contributed by atoms with Crippen molar-refractivity contribution in [2.24, 2.45) is 0 Å². The number of aliphatic hydroxyl groups is 1. The number of carbonyl (C=O) groups excluding carboxylic acids is 2. The molecule has 0 fully saturated rings. The van der Waals surface area contributed by atoms with Gasteiger partial charge in [-0.1, -0.05) is 60.1 Å². The van der Waals surface area contributed by atoms with Gasteiger partial charge in [-0.2, -0.15) is 0 Å². The zero-order chi connectivity index (χ0) is 33.5. The zero-order valence-corrected chi connectivity index (χ0v) is 27.7. The van der Waals surface area contributed by atoms with E-state index in [-0.39, 0.29) is 36.5 Å². The Balaban J connectivity index is 0.000000152. The number of halogens is 1. The second-order valence-corrected chi connectivity index (χ2v) is 12.8. The molecular formula is C37H36ClN7O3. The molecule has 5 heterocycles. The van der Waals surface area contributed by atoms with E-state index in [1.54, 1.807) is 12.3 Å². The number of aliphatic hydroxyl groups excluding tert-OH is 1. The van der Waals surface area contributed by atoms with E-state index in [4.69, 9.17) is 11.6 Å². The van der Waals surface area contributed by atoms with E-state index < -0.39 is 0 Å². The molecule has 2 amide bonds. The number of imidazole rings is 2. The third-order valence-electron chi connectivity index (χ3n) is 9.48. The number of hydrogen-bond donors (Lipinski definition) is 3. The van der Waals surface area contributed by atoms with Crippen LogP contribution in [0.3, 0.4) is 0 Å². The maximum absolute atomic E-state index is 13.1. The second kappa shape index (κ2) is 12.9. The summed E-state index contributed by atoms with van der Waals surface area (Å²) in [7, 11) is 0. The highest BCUT2D eigenvalue weighted by atomic mass is 35.5. The molecule has 0 saturated heterocycles. The van der Waals surface area contributed by atoms with Gasteiger partial charge >= 0.3 is 0 Å². The first-order chi connectivity index (χ1) is 23.2. The molecule has 0 saturated carbocycles. The number of nitrogens with zero attached hydrogens (tertiary/aromatic N) is 5. The lowest BCUT2D eigenvalue weighted by molar-refractivity contribution is 0.0568. The molecule has 48 heavy (non-hydrogen) atoms. The van der Waals surface area contributed by atoms with Crippen molar-refractivity contribution >= 4 is 45.5 Å². The number of aromatic amines is 2. The largest absolute Gasteiger partial charge is 0.392 e. The van der Waals surface area contributed by atoms with Crippen molar-refractivity contribution < 1.29 is 14.7 Å². The number of pyridine rings is 1. The quantitative estimate of drug-likeness (QED) is 0.197. The monoisotopic (exact) mass is 661 g/mol. The van der Waals surface area contributed by atoms with Crippen LogP contribution in [-0.4, -0.2) is 64.2 Å². The molecule has 8 rings (SSSR count). The molecule has 3 aromatic carbocycles. The molecule has 2 aliphatic heterocycles. The number of rotatable bonds is 3. The van der Waals surface area contributed by atoms with Gasteiger partial charge in [-0.05, 0) is 68.1 Å². The minimum Gasteiger partial charge on any atom is -0.392 e. The average molecular weight is 662 g/mol. The van der Waals surface area contributed by atoms with Gasteiger partial charge in [-0.15, -0.1) is 0 Å². The number of H-pyrrole nitrogens is 2. The SMILES string of the molecule is CC1Cc2ccccc2C(C)N1C(=O)c1nc2c(Cl)cccc2[nH]1.CC1c2cccnc2CCN1C(=O)c1nc2c(CO)cccc2[nH]1. The molecule has 3 aromatic heterocycles. The maximum atomic E-state index is 13.1. The Morgan fingerprint density at radius 3 is 2.29 bits per heavy atom.